The fraction of sp³-hybridized carbons (Fsp3) is 0.217. The molecule has 10 heteroatoms. The fourth-order valence-electron chi connectivity index (χ4n) is 3.31. The van der Waals surface area contributed by atoms with Crippen LogP contribution in [0.25, 0.3) is 11.3 Å². The minimum Gasteiger partial charge on any atom is -0.449 e. The lowest BCUT2D eigenvalue weighted by molar-refractivity contribution is -0.123. The van der Waals surface area contributed by atoms with Crippen LogP contribution in [0.15, 0.2) is 47.8 Å². The lowest BCUT2D eigenvalue weighted by Crippen LogP contribution is -2.30. The first-order valence-corrected chi connectivity index (χ1v) is 11.0. The van der Waals surface area contributed by atoms with E-state index >= 15 is 0 Å². The Morgan fingerprint density at radius 1 is 1.15 bits per heavy atom. The number of thiazole rings is 1. The van der Waals surface area contributed by atoms with Gasteiger partial charge in [-0.15, -0.1) is 11.3 Å². The van der Waals surface area contributed by atoms with Crippen molar-refractivity contribution in [3.05, 3.63) is 65.0 Å². The number of ether oxygens (including phenoxy) is 1. The molecule has 1 unspecified atom stereocenters. The Morgan fingerprint density at radius 3 is 2.58 bits per heavy atom. The van der Waals surface area contributed by atoms with Gasteiger partial charge in [-0.25, -0.2) is 18.6 Å². The third kappa shape index (κ3) is 5.06. The number of rotatable bonds is 6. The molecule has 170 valence electrons. The van der Waals surface area contributed by atoms with Gasteiger partial charge in [0.25, 0.3) is 5.91 Å². The average Bonchev–Trinajstić information content (AvgIpc) is 3.44. The highest BCUT2D eigenvalue weighted by atomic mass is 32.1. The number of benzene rings is 2. The van der Waals surface area contributed by atoms with E-state index in [1.54, 1.807) is 34.5 Å². The molecule has 0 radical (unpaired) electrons. The Kier molecular flexibility index (Phi) is 6.45. The lowest BCUT2D eigenvalue weighted by atomic mass is 10.2. The van der Waals surface area contributed by atoms with Gasteiger partial charge in [0.2, 0.25) is 5.91 Å². The van der Waals surface area contributed by atoms with Gasteiger partial charge in [0.05, 0.1) is 11.3 Å². The number of nitrogens with one attached hydrogen (secondary N) is 1. The minimum absolute atomic E-state index is 0.0468. The van der Waals surface area contributed by atoms with E-state index in [2.05, 4.69) is 10.3 Å². The molecule has 1 fully saturated rings. The molecule has 1 aliphatic heterocycles. The van der Waals surface area contributed by atoms with E-state index < -0.39 is 29.6 Å². The van der Waals surface area contributed by atoms with Crippen LogP contribution >= 0.6 is 11.3 Å². The summed E-state index contributed by atoms with van der Waals surface area (Å²) in [6, 6.07) is 9.82. The first-order chi connectivity index (χ1) is 15.8. The van der Waals surface area contributed by atoms with Gasteiger partial charge < -0.3 is 9.64 Å². The van der Waals surface area contributed by atoms with Crippen LogP contribution in [0.3, 0.4) is 0 Å². The predicted octanol–water partition coefficient (Wildman–Crippen LogP) is 4.40. The van der Waals surface area contributed by atoms with Gasteiger partial charge in [0.15, 0.2) is 22.9 Å². The molecule has 0 bridgehead atoms. The van der Waals surface area contributed by atoms with Gasteiger partial charge >= 0.3 is 5.97 Å². The number of amides is 2. The number of esters is 1. The normalized spacial score (nSPS) is 14.3. The Labute approximate surface area is 192 Å². The molecule has 1 aromatic heterocycles. The highest BCUT2D eigenvalue weighted by Crippen LogP contribution is 2.26. The summed E-state index contributed by atoms with van der Waals surface area (Å²) in [6.45, 7) is 2.07. The third-order valence-electron chi connectivity index (χ3n) is 5.09. The average molecular weight is 471 g/mol. The number of carbonyl (C=O) groups is 3. The zero-order chi connectivity index (χ0) is 23.5. The smallest absolute Gasteiger partial charge is 0.338 e. The maximum atomic E-state index is 13.4. The van der Waals surface area contributed by atoms with Crippen molar-refractivity contribution in [1.82, 2.24) is 4.98 Å². The van der Waals surface area contributed by atoms with Crippen molar-refractivity contribution < 1.29 is 27.9 Å². The third-order valence-corrected chi connectivity index (χ3v) is 5.85. The zero-order valence-electron chi connectivity index (χ0n) is 17.5. The number of nitrogens with zero attached hydrogens (tertiary/aromatic N) is 2. The molecule has 1 N–H and O–H groups in total. The largest absolute Gasteiger partial charge is 0.449 e. The van der Waals surface area contributed by atoms with Crippen molar-refractivity contribution in [3.8, 4) is 11.3 Å². The van der Waals surface area contributed by atoms with Crippen LogP contribution in [0.1, 0.15) is 30.1 Å². The molecule has 1 saturated heterocycles. The molecule has 1 aliphatic rings. The van der Waals surface area contributed by atoms with Gasteiger partial charge in [-0.05, 0) is 55.8 Å². The van der Waals surface area contributed by atoms with Crippen molar-refractivity contribution >= 4 is 39.9 Å². The molecule has 2 amide bonds. The maximum Gasteiger partial charge on any atom is 0.338 e. The minimum atomic E-state index is -1.10. The molecular formula is C23H19F2N3O4S. The molecule has 1 atom stereocenters. The SMILES string of the molecule is CC(OC(=O)c1ccc(N2CCCC2=O)cc1)C(=O)Nc1nc(-c2ccc(F)c(F)c2)cs1. The second-order valence-corrected chi connectivity index (χ2v) is 8.26. The topological polar surface area (TPSA) is 88.6 Å². The second-order valence-electron chi connectivity index (χ2n) is 7.40. The van der Waals surface area contributed by atoms with Crippen LogP contribution in [0.2, 0.25) is 0 Å². The van der Waals surface area contributed by atoms with Gasteiger partial charge in [0, 0.05) is 29.6 Å². The van der Waals surface area contributed by atoms with E-state index in [4.69, 9.17) is 4.74 Å². The molecule has 0 saturated carbocycles. The Bertz CT molecular complexity index is 1210. The van der Waals surface area contributed by atoms with Crippen molar-refractivity contribution in [3.63, 3.8) is 0 Å². The van der Waals surface area contributed by atoms with Crippen molar-refractivity contribution in [2.75, 3.05) is 16.8 Å². The van der Waals surface area contributed by atoms with E-state index in [9.17, 15) is 23.2 Å². The lowest BCUT2D eigenvalue weighted by Gasteiger charge is -2.16. The van der Waals surface area contributed by atoms with E-state index in [1.165, 1.54) is 13.0 Å². The van der Waals surface area contributed by atoms with E-state index in [1.807, 2.05) is 0 Å². The molecule has 7 nitrogen and oxygen atoms in total. The van der Waals surface area contributed by atoms with Gasteiger partial charge in [-0.1, -0.05) is 0 Å². The first-order valence-electron chi connectivity index (χ1n) is 10.1. The monoisotopic (exact) mass is 471 g/mol. The van der Waals surface area contributed by atoms with Crippen LogP contribution in [0.5, 0.6) is 0 Å². The highest BCUT2D eigenvalue weighted by molar-refractivity contribution is 7.14. The quantitative estimate of drug-likeness (QED) is 0.539. The Morgan fingerprint density at radius 2 is 1.91 bits per heavy atom. The molecule has 2 aromatic carbocycles. The Hall–Kier alpha value is -3.66. The molecule has 2 heterocycles. The number of halogens is 2. The molecule has 4 rings (SSSR count). The zero-order valence-corrected chi connectivity index (χ0v) is 18.3. The van der Waals surface area contributed by atoms with Gasteiger partial charge in [-0.3, -0.25) is 14.9 Å². The highest BCUT2D eigenvalue weighted by Gasteiger charge is 2.23. The summed E-state index contributed by atoms with van der Waals surface area (Å²) in [7, 11) is 0. The number of hydrogen-bond acceptors (Lipinski definition) is 6. The standard InChI is InChI=1S/C23H19F2N3O4S/c1-13(32-22(31)14-4-7-16(8-5-14)28-10-2-3-20(28)29)21(30)27-23-26-19(12-33-23)15-6-9-17(24)18(25)11-15/h4-9,11-13H,2-3,10H2,1H3,(H,26,27,30). The van der Waals surface area contributed by atoms with Gasteiger partial charge in [-0.2, -0.15) is 0 Å². The van der Waals surface area contributed by atoms with Crippen LogP contribution < -0.4 is 10.2 Å². The van der Waals surface area contributed by atoms with Crippen molar-refractivity contribution in [2.24, 2.45) is 0 Å². The van der Waals surface area contributed by atoms with Crippen LogP contribution in [-0.4, -0.2) is 35.4 Å². The summed E-state index contributed by atoms with van der Waals surface area (Å²) in [5.41, 5.74) is 1.69. The van der Waals surface area contributed by atoms with Crippen LogP contribution in [0, 0.1) is 11.6 Å². The number of aromatic nitrogens is 1. The van der Waals surface area contributed by atoms with Gasteiger partial charge in [0.1, 0.15) is 0 Å². The molecular weight excluding hydrogens is 452 g/mol. The second kappa shape index (κ2) is 9.45. The fourth-order valence-corrected chi connectivity index (χ4v) is 4.03. The van der Waals surface area contributed by atoms with E-state index in [0.29, 0.717) is 29.9 Å². The van der Waals surface area contributed by atoms with E-state index in [-0.39, 0.29) is 16.6 Å². The molecule has 33 heavy (non-hydrogen) atoms. The van der Waals surface area contributed by atoms with E-state index in [0.717, 1.165) is 29.9 Å². The Balaban J connectivity index is 1.35. The summed E-state index contributed by atoms with van der Waals surface area (Å²) in [4.78, 5) is 42.5. The number of anilines is 2. The van der Waals surface area contributed by atoms with Crippen LogP contribution in [0.4, 0.5) is 19.6 Å². The van der Waals surface area contributed by atoms with Crippen LogP contribution in [-0.2, 0) is 14.3 Å². The summed E-state index contributed by atoms with van der Waals surface area (Å²) >= 11 is 1.10. The molecule has 0 spiro atoms. The summed E-state index contributed by atoms with van der Waals surface area (Å²) in [5.74, 6) is -3.18. The first kappa shape index (κ1) is 22.5. The predicted molar refractivity (Wildman–Crippen MR) is 119 cm³/mol. The summed E-state index contributed by atoms with van der Waals surface area (Å²) in [5, 5.41) is 4.36. The number of hydrogen-bond donors (Lipinski definition) is 1. The molecule has 0 aliphatic carbocycles. The van der Waals surface area contributed by atoms with Crippen molar-refractivity contribution in [2.45, 2.75) is 25.9 Å². The molecule has 3 aromatic rings. The summed E-state index contributed by atoms with van der Waals surface area (Å²) in [6.07, 6.45) is 0.210. The maximum absolute atomic E-state index is 13.4. The summed E-state index contributed by atoms with van der Waals surface area (Å²) < 4.78 is 31.8. The number of carbonyl (C=O) groups excluding carboxylic acids is 3. The van der Waals surface area contributed by atoms with Crippen molar-refractivity contribution in [1.29, 1.82) is 0 Å².